The molecule has 0 amide bonds. The van der Waals surface area contributed by atoms with E-state index in [1.54, 1.807) is 0 Å². The second kappa shape index (κ2) is 5.23. The van der Waals surface area contributed by atoms with Crippen LogP contribution in [0.5, 0.6) is 11.5 Å². The van der Waals surface area contributed by atoms with Gasteiger partial charge in [-0.05, 0) is 12.1 Å². The molecule has 0 aliphatic rings. The lowest BCUT2D eigenvalue weighted by atomic mass is 10.3. The van der Waals surface area contributed by atoms with Crippen molar-refractivity contribution < 1.29 is 18.3 Å². The summed E-state index contributed by atoms with van der Waals surface area (Å²) in [5.41, 5.74) is 2.46. The molecule has 0 aliphatic carbocycles. The predicted octanol–water partition coefficient (Wildman–Crippen LogP) is 1.58. The number of alkyl halides is 2. The zero-order chi connectivity index (χ0) is 10.4. The Bertz CT molecular complexity index is 272. The Morgan fingerprint density at radius 2 is 1.64 bits per heavy atom. The van der Waals surface area contributed by atoms with Crippen LogP contribution in [0.25, 0.3) is 0 Å². The number of nitrogens with one attached hydrogen (secondary N) is 1. The first kappa shape index (κ1) is 10.5. The second-order valence-corrected chi connectivity index (χ2v) is 2.28. The number of nitrogens with two attached hydrogens (primary N) is 1. The SMILES string of the molecule is NNc1c(OCF)cccc1OCF. The van der Waals surface area contributed by atoms with Gasteiger partial charge < -0.3 is 14.9 Å². The first-order chi connectivity index (χ1) is 6.83. The summed E-state index contributed by atoms with van der Waals surface area (Å²) in [6.07, 6.45) is 0. The van der Waals surface area contributed by atoms with Gasteiger partial charge in [-0.15, -0.1) is 0 Å². The van der Waals surface area contributed by atoms with Gasteiger partial charge in [-0.2, -0.15) is 0 Å². The van der Waals surface area contributed by atoms with Crippen molar-refractivity contribution in [1.29, 1.82) is 0 Å². The Kier molecular flexibility index (Phi) is 3.93. The third-order valence-corrected chi connectivity index (χ3v) is 1.55. The van der Waals surface area contributed by atoms with Crippen molar-refractivity contribution in [2.45, 2.75) is 0 Å². The number of nitrogen functional groups attached to an aromatic ring is 1. The van der Waals surface area contributed by atoms with E-state index < -0.39 is 13.7 Å². The number of benzene rings is 1. The van der Waals surface area contributed by atoms with Crippen LogP contribution in [-0.2, 0) is 0 Å². The maximum Gasteiger partial charge on any atom is 0.228 e. The van der Waals surface area contributed by atoms with Gasteiger partial charge in [-0.25, -0.2) is 8.78 Å². The van der Waals surface area contributed by atoms with Crippen LogP contribution in [0.4, 0.5) is 14.5 Å². The van der Waals surface area contributed by atoms with E-state index in [1.807, 2.05) is 0 Å². The van der Waals surface area contributed by atoms with E-state index >= 15 is 0 Å². The average molecular weight is 204 g/mol. The minimum atomic E-state index is -0.992. The van der Waals surface area contributed by atoms with Crippen molar-refractivity contribution in [2.75, 3.05) is 19.1 Å². The highest BCUT2D eigenvalue weighted by Crippen LogP contribution is 2.33. The molecule has 0 unspecified atom stereocenters. The summed E-state index contributed by atoms with van der Waals surface area (Å²) < 4.78 is 33.0. The van der Waals surface area contributed by atoms with Crippen molar-refractivity contribution in [3.63, 3.8) is 0 Å². The summed E-state index contributed by atoms with van der Waals surface area (Å²) in [5.74, 6) is 5.49. The van der Waals surface area contributed by atoms with Crippen LogP contribution in [0.1, 0.15) is 0 Å². The number of anilines is 1. The molecule has 0 saturated carbocycles. The highest BCUT2D eigenvalue weighted by Gasteiger charge is 2.09. The van der Waals surface area contributed by atoms with Crippen molar-refractivity contribution in [3.05, 3.63) is 18.2 Å². The molecule has 3 N–H and O–H groups in total. The lowest BCUT2D eigenvalue weighted by Gasteiger charge is -2.12. The number of hydrogen-bond acceptors (Lipinski definition) is 4. The fraction of sp³-hybridized carbons (Fsp3) is 0.250. The molecule has 4 nitrogen and oxygen atoms in total. The van der Waals surface area contributed by atoms with E-state index in [0.29, 0.717) is 0 Å². The van der Waals surface area contributed by atoms with Crippen LogP contribution in [0.3, 0.4) is 0 Å². The summed E-state index contributed by atoms with van der Waals surface area (Å²) in [5, 5.41) is 0. The molecule has 0 bridgehead atoms. The van der Waals surface area contributed by atoms with E-state index in [9.17, 15) is 8.78 Å². The standard InChI is InChI=1S/C8H10F2N2O2/c9-4-13-6-2-1-3-7(14-5-10)8(6)12-11/h1-3,12H,4-5,11H2. The van der Waals surface area contributed by atoms with Crippen molar-refractivity contribution in [2.24, 2.45) is 5.84 Å². The highest BCUT2D eigenvalue weighted by molar-refractivity contribution is 5.65. The summed E-state index contributed by atoms with van der Waals surface area (Å²) in [6, 6.07) is 4.51. The summed E-state index contributed by atoms with van der Waals surface area (Å²) >= 11 is 0. The van der Waals surface area contributed by atoms with Gasteiger partial charge in [0, 0.05) is 0 Å². The van der Waals surface area contributed by atoms with Crippen LogP contribution in [0.15, 0.2) is 18.2 Å². The van der Waals surface area contributed by atoms with E-state index in [4.69, 9.17) is 5.84 Å². The molecule has 0 spiro atoms. The monoisotopic (exact) mass is 204 g/mol. The normalized spacial score (nSPS) is 9.64. The fourth-order valence-electron chi connectivity index (χ4n) is 1.01. The second-order valence-electron chi connectivity index (χ2n) is 2.28. The largest absolute Gasteiger partial charge is 0.461 e. The first-order valence-electron chi connectivity index (χ1n) is 3.80. The Hall–Kier alpha value is -1.56. The minimum absolute atomic E-state index is 0.168. The number of para-hydroxylation sites is 1. The van der Waals surface area contributed by atoms with Gasteiger partial charge in [0.05, 0.1) is 0 Å². The third kappa shape index (κ3) is 2.23. The lowest BCUT2D eigenvalue weighted by Crippen LogP contribution is -2.10. The molecule has 6 heteroatoms. The lowest BCUT2D eigenvalue weighted by molar-refractivity contribution is 0.184. The molecule has 0 heterocycles. The number of hydrazine groups is 1. The van der Waals surface area contributed by atoms with Gasteiger partial charge in [0.2, 0.25) is 13.7 Å². The van der Waals surface area contributed by atoms with Crippen molar-refractivity contribution in [3.8, 4) is 11.5 Å². The van der Waals surface area contributed by atoms with Crippen LogP contribution >= 0.6 is 0 Å². The fourth-order valence-corrected chi connectivity index (χ4v) is 1.01. The minimum Gasteiger partial charge on any atom is -0.461 e. The van der Waals surface area contributed by atoms with Crippen LogP contribution in [-0.4, -0.2) is 13.7 Å². The molecule has 0 aliphatic heterocycles. The molecule has 0 radical (unpaired) electrons. The predicted molar refractivity (Wildman–Crippen MR) is 47.5 cm³/mol. The number of halogens is 2. The zero-order valence-electron chi connectivity index (χ0n) is 7.30. The Morgan fingerprint density at radius 3 is 2.00 bits per heavy atom. The summed E-state index contributed by atoms with van der Waals surface area (Å²) in [4.78, 5) is 0. The molecule has 78 valence electrons. The molecule has 0 saturated heterocycles. The Balaban J connectivity index is 2.98. The molecule has 0 fully saturated rings. The van der Waals surface area contributed by atoms with Gasteiger partial charge in [0.25, 0.3) is 0 Å². The van der Waals surface area contributed by atoms with E-state index in [0.717, 1.165) is 0 Å². The maximum absolute atomic E-state index is 11.9. The molecule has 1 aromatic carbocycles. The van der Waals surface area contributed by atoms with Gasteiger partial charge in [0.1, 0.15) is 5.69 Å². The summed E-state index contributed by atoms with van der Waals surface area (Å²) in [7, 11) is 0. The highest BCUT2D eigenvalue weighted by atomic mass is 19.1. The third-order valence-electron chi connectivity index (χ3n) is 1.55. The van der Waals surface area contributed by atoms with E-state index in [1.165, 1.54) is 18.2 Å². The van der Waals surface area contributed by atoms with Crippen molar-refractivity contribution >= 4 is 5.69 Å². The molecule has 0 aromatic heterocycles. The maximum atomic E-state index is 11.9. The average Bonchev–Trinajstić information content (AvgIpc) is 2.19. The first-order valence-corrected chi connectivity index (χ1v) is 3.80. The van der Waals surface area contributed by atoms with Crippen LogP contribution in [0, 0.1) is 0 Å². The van der Waals surface area contributed by atoms with Crippen LogP contribution in [0.2, 0.25) is 0 Å². The van der Waals surface area contributed by atoms with Gasteiger partial charge in [0.15, 0.2) is 11.5 Å². The van der Waals surface area contributed by atoms with Gasteiger partial charge in [-0.1, -0.05) is 6.07 Å². The molecule has 1 rings (SSSR count). The van der Waals surface area contributed by atoms with E-state index in [-0.39, 0.29) is 17.2 Å². The number of rotatable bonds is 5. The molecule has 14 heavy (non-hydrogen) atoms. The van der Waals surface area contributed by atoms with E-state index in [2.05, 4.69) is 14.9 Å². The number of hydrogen-bond donors (Lipinski definition) is 2. The topological polar surface area (TPSA) is 56.5 Å². The van der Waals surface area contributed by atoms with Gasteiger partial charge in [-0.3, -0.25) is 5.84 Å². The number of ether oxygens (including phenoxy) is 2. The Morgan fingerprint density at radius 1 is 1.14 bits per heavy atom. The Labute approximate surface area is 79.6 Å². The molecular weight excluding hydrogens is 194 g/mol. The quantitative estimate of drug-likeness (QED) is 0.564. The molecule has 1 aromatic rings. The van der Waals surface area contributed by atoms with Crippen molar-refractivity contribution in [1.82, 2.24) is 0 Å². The summed E-state index contributed by atoms with van der Waals surface area (Å²) in [6.45, 7) is -1.98. The van der Waals surface area contributed by atoms with Crippen LogP contribution < -0.4 is 20.7 Å². The molecular formula is C8H10F2N2O2. The molecule has 0 atom stereocenters. The zero-order valence-corrected chi connectivity index (χ0v) is 7.30. The van der Waals surface area contributed by atoms with Gasteiger partial charge >= 0.3 is 0 Å². The smallest absolute Gasteiger partial charge is 0.228 e.